The molecule has 0 spiro atoms. The van der Waals surface area contributed by atoms with Crippen molar-refractivity contribution in [3.63, 3.8) is 0 Å². The van der Waals surface area contributed by atoms with Gasteiger partial charge in [-0.3, -0.25) is 13.9 Å². The standard InChI is InChI=1S/C28H30Cl3N3O4S/c1-4-25(28(36)32-5-2)33(17-20-14-15-23(30)24(31)16-20)27(35)18-34(26-13-9-12-22(29)19(26)3)39(37,38)21-10-7-6-8-11-21/h6-16,25H,4-5,17-18H2,1-3H3,(H,32,36). The molecule has 0 aromatic heterocycles. The average molecular weight is 611 g/mol. The van der Waals surface area contributed by atoms with E-state index in [0.29, 0.717) is 39.2 Å². The van der Waals surface area contributed by atoms with Gasteiger partial charge >= 0.3 is 0 Å². The number of hydrogen-bond donors (Lipinski definition) is 1. The van der Waals surface area contributed by atoms with E-state index in [-0.39, 0.29) is 23.0 Å². The van der Waals surface area contributed by atoms with E-state index in [1.165, 1.54) is 17.0 Å². The lowest BCUT2D eigenvalue weighted by atomic mass is 10.1. The van der Waals surface area contributed by atoms with Crippen molar-refractivity contribution in [1.82, 2.24) is 10.2 Å². The molecule has 0 aliphatic heterocycles. The summed E-state index contributed by atoms with van der Waals surface area (Å²) in [6.45, 7) is 5.09. The molecule has 0 saturated carbocycles. The highest BCUT2D eigenvalue weighted by Gasteiger charge is 2.34. The van der Waals surface area contributed by atoms with Crippen LogP contribution in [0, 0.1) is 6.92 Å². The third-order valence-electron chi connectivity index (χ3n) is 6.19. The van der Waals surface area contributed by atoms with E-state index < -0.39 is 28.5 Å². The van der Waals surface area contributed by atoms with Crippen LogP contribution in [0.1, 0.15) is 31.4 Å². The molecule has 1 N–H and O–H groups in total. The fraction of sp³-hybridized carbons (Fsp3) is 0.286. The highest BCUT2D eigenvalue weighted by atomic mass is 35.5. The van der Waals surface area contributed by atoms with E-state index >= 15 is 0 Å². The molecule has 3 aromatic carbocycles. The molecule has 0 heterocycles. The maximum atomic E-state index is 14.0. The molecule has 0 bridgehead atoms. The maximum Gasteiger partial charge on any atom is 0.264 e. The summed E-state index contributed by atoms with van der Waals surface area (Å²) in [5, 5.41) is 3.78. The Hall–Kier alpha value is -2.78. The molecule has 0 aliphatic carbocycles. The van der Waals surface area contributed by atoms with Crippen LogP contribution in [0.2, 0.25) is 15.1 Å². The van der Waals surface area contributed by atoms with Crippen LogP contribution in [-0.2, 0) is 26.2 Å². The van der Waals surface area contributed by atoms with Crippen LogP contribution in [-0.4, -0.2) is 44.3 Å². The maximum absolute atomic E-state index is 14.0. The van der Waals surface area contributed by atoms with E-state index in [4.69, 9.17) is 34.8 Å². The van der Waals surface area contributed by atoms with Gasteiger partial charge in [0.05, 0.1) is 20.6 Å². The normalized spacial score (nSPS) is 12.1. The van der Waals surface area contributed by atoms with Crippen LogP contribution in [0.15, 0.2) is 71.6 Å². The first-order valence-corrected chi connectivity index (χ1v) is 14.9. The molecular weight excluding hydrogens is 581 g/mol. The van der Waals surface area contributed by atoms with Crippen LogP contribution >= 0.6 is 34.8 Å². The lowest BCUT2D eigenvalue weighted by Gasteiger charge is -2.33. The van der Waals surface area contributed by atoms with E-state index in [9.17, 15) is 18.0 Å². The van der Waals surface area contributed by atoms with Gasteiger partial charge in [0.1, 0.15) is 12.6 Å². The number of nitrogens with one attached hydrogen (secondary N) is 1. The fourth-order valence-corrected chi connectivity index (χ4v) is 6.13. The number of benzene rings is 3. The number of anilines is 1. The number of halogens is 3. The zero-order chi connectivity index (χ0) is 28.7. The molecule has 1 unspecified atom stereocenters. The minimum absolute atomic E-state index is 0.0130. The Morgan fingerprint density at radius 1 is 0.897 bits per heavy atom. The molecule has 39 heavy (non-hydrogen) atoms. The zero-order valence-corrected chi connectivity index (χ0v) is 24.9. The second-order valence-corrected chi connectivity index (χ2v) is 11.9. The number of carbonyl (C=O) groups excluding carboxylic acids is 2. The smallest absolute Gasteiger partial charge is 0.264 e. The SMILES string of the molecule is CCNC(=O)C(CC)N(Cc1ccc(Cl)c(Cl)c1)C(=O)CN(c1cccc(Cl)c1C)S(=O)(=O)c1ccccc1. The molecule has 0 radical (unpaired) electrons. The van der Waals surface area contributed by atoms with Crippen LogP contribution in [0.3, 0.4) is 0 Å². The summed E-state index contributed by atoms with van der Waals surface area (Å²) < 4.78 is 28.8. The number of carbonyl (C=O) groups is 2. The number of rotatable bonds is 11. The van der Waals surface area contributed by atoms with Gasteiger partial charge in [-0.05, 0) is 67.8 Å². The predicted molar refractivity (Wildman–Crippen MR) is 157 cm³/mol. The second kappa shape index (κ2) is 13.5. The molecule has 11 heteroatoms. The van der Waals surface area contributed by atoms with Crippen LogP contribution in [0.4, 0.5) is 5.69 Å². The van der Waals surface area contributed by atoms with Crippen molar-refractivity contribution in [3.05, 3.63) is 92.9 Å². The second-order valence-electron chi connectivity index (χ2n) is 8.80. The van der Waals surface area contributed by atoms with Crippen LogP contribution in [0.25, 0.3) is 0 Å². The molecule has 0 aliphatic rings. The van der Waals surface area contributed by atoms with Crippen molar-refractivity contribution < 1.29 is 18.0 Å². The molecule has 7 nitrogen and oxygen atoms in total. The van der Waals surface area contributed by atoms with Gasteiger partial charge in [0.2, 0.25) is 11.8 Å². The third kappa shape index (κ3) is 7.25. The first-order valence-electron chi connectivity index (χ1n) is 12.3. The molecule has 1 atom stereocenters. The molecule has 0 saturated heterocycles. The van der Waals surface area contributed by atoms with Crippen molar-refractivity contribution in [2.75, 3.05) is 17.4 Å². The Morgan fingerprint density at radius 3 is 2.21 bits per heavy atom. The van der Waals surface area contributed by atoms with Gasteiger partial charge in [0.15, 0.2) is 0 Å². The summed E-state index contributed by atoms with van der Waals surface area (Å²) >= 11 is 18.6. The molecule has 0 fully saturated rings. The number of sulfonamides is 1. The summed E-state index contributed by atoms with van der Waals surface area (Å²) in [6.07, 6.45) is 0.306. The van der Waals surface area contributed by atoms with Crippen molar-refractivity contribution >= 4 is 62.3 Å². The summed E-state index contributed by atoms with van der Waals surface area (Å²) in [7, 11) is -4.18. The number of nitrogens with zero attached hydrogens (tertiary/aromatic N) is 2. The van der Waals surface area contributed by atoms with Gasteiger partial charge in [-0.15, -0.1) is 0 Å². The highest BCUT2D eigenvalue weighted by molar-refractivity contribution is 7.92. The number of hydrogen-bond acceptors (Lipinski definition) is 4. The molecule has 3 aromatic rings. The average Bonchev–Trinajstić information content (AvgIpc) is 2.91. The monoisotopic (exact) mass is 609 g/mol. The third-order valence-corrected chi connectivity index (χ3v) is 9.11. The topological polar surface area (TPSA) is 86.8 Å². The first-order chi connectivity index (χ1) is 18.5. The van der Waals surface area contributed by atoms with E-state index in [0.717, 1.165) is 4.31 Å². The van der Waals surface area contributed by atoms with Crippen LogP contribution < -0.4 is 9.62 Å². The van der Waals surface area contributed by atoms with Gasteiger partial charge < -0.3 is 10.2 Å². The molecule has 2 amide bonds. The van der Waals surface area contributed by atoms with Crippen molar-refractivity contribution in [1.29, 1.82) is 0 Å². The summed E-state index contributed by atoms with van der Waals surface area (Å²) in [5.74, 6) is -0.914. The minimum Gasteiger partial charge on any atom is -0.355 e. The van der Waals surface area contributed by atoms with Gasteiger partial charge in [0, 0.05) is 18.1 Å². The Labute approximate surface area is 244 Å². The molecular formula is C28H30Cl3N3O4S. The van der Waals surface area contributed by atoms with Crippen molar-refractivity contribution in [3.8, 4) is 0 Å². The van der Waals surface area contributed by atoms with Crippen molar-refractivity contribution in [2.45, 2.75) is 44.7 Å². The van der Waals surface area contributed by atoms with Gasteiger partial charge in [-0.25, -0.2) is 8.42 Å². The van der Waals surface area contributed by atoms with Crippen molar-refractivity contribution in [2.24, 2.45) is 0 Å². The first kappa shape index (κ1) is 30.8. The van der Waals surface area contributed by atoms with Gasteiger partial charge in [-0.2, -0.15) is 0 Å². The molecule has 3 rings (SSSR count). The van der Waals surface area contributed by atoms with Crippen LogP contribution in [0.5, 0.6) is 0 Å². The molecule has 208 valence electrons. The predicted octanol–water partition coefficient (Wildman–Crippen LogP) is 6.09. The largest absolute Gasteiger partial charge is 0.355 e. The summed E-state index contributed by atoms with van der Waals surface area (Å²) in [6, 6.07) is 16.8. The van der Waals surface area contributed by atoms with E-state index in [1.807, 2.05) is 0 Å². The Bertz CT molecular complexity index is 1440. The minimum atomic E-state index is -4.18. The lowest BCUT2D eigenvalue weighted by molar-refractivity contribution is -0.140. The summed E-state index contributed by atoms with van der Waals surface area (Å²) in [4.78, 5) is 28.4. The summed E-state index contributed by atoms with van der Waals surface area (Å²) in [5.41, 5.74) is 1.40. The van der Waals surface area contributed by atoms with E-state index in [2.05, 4.69) is 5.32 Å². The number of likely N-dealkylation sites (N-methyl/N-ethyl adjacent to an activating group) is 1. The van der Waals surface area contributed by atoms with Gasteiger partial charge in [0.25, 0.3) is 10.0 Å². The lowest BCUT2D eigenvalue weighted by Crippen LogP contribution is -2.52. The Balaban J connectivity index is 2.10. The Kier molecular flexibility index (Phi) is 10.7. The van der Waals surface area contributed by atoms with E-state index in [1.54, 1.807) is 75.4 Å². The highest BCUT2D eigenvalue weighted by Crippen LogP contribution is 2.31. The number of amides is 2. The fourth-order valence-electron chi connectivity index (χ4n) is 4.15. The Morgan fingerprint density at radius 2 is 1.59 bits per heavy atom. The zero-order valence-electron chi connectivity index (χ0n) is 21.8. The quantitative estimate of drug-likeness (QED) is 0.285. The van der Waals surface area contributed by atoms with Gasteiger partial charge in [-0.1, -0.05) is 72.1 Å².